The number of amides is 5. The summed E-state index contributed by atoms with van der Waals surface area (Å²) >= 11 is 0. The Hall–Kier alpha value is -6.60. The summed E-state index contributed by atoms with van der Waals surface area (Å²) in [4.78, 5) is 78.0. The lowest BCUT2D eigenvalue weighted by atomic mass is 9.93. The third kappa shape index (κ3) is 22.9. The van der Waals surface area contributed by atoms with Gasteiger partial charge in [0.2, 0.25) is 11.8 Å². The molecule has 2 saturated heterocycles. The van der Waals surface area contributed by atoms with E-state index in [-0.39, 0.29) is 78.4 Å². The second kappa shape index (κ2) is 37.3. The number of likely N-dealkylation sites (tertiary alicyclic amines) is 1. The van der Waals surface area contributed by atoms with Crippen LogP contribution in [0.4, 0.5) is 4.79 Å². The van der Waals surface area contributed by atoms with Gasteiger partial charge in [0.05, 0.1) is 33.5 Å². The van der Waals surface area contributed by atoms with Gasteiger partial charge in [0, 0.05) is 133 Å². The van der Waals surface area contributed by atoms with Crippen LogP contribution in [0.3, 0.4) is 0 Å². The second-order valence-electron chi connectivity index (χ2n) is 26.3. The summed E-state index contributed by atoms with van der Waals surface area (Å²) in [5.41, 5.74) is 2.80. The molecule has 0 unspecified atom stereocenters. The zero-order valence-electron chi connectivity index (χ0n) is 56.9. The standard InChI is InChI=1S/C39H57N3O7.C34H49N3O5.ClH/c1-28(2)42(37(44)30-15-20-34(47-7)35(26-30)48-25-11-24-46-6)33-19-18-32(41(27-33)38(45)49-39(3,4)5)22-23-40(31-16-17-31)36(43)21-14-29-12-9-8-10-13-29;1-25(2)37(34(39)27-12-17-31(41-4)32(23-27)42-22-8-21-40-3)30-14-13-28(35-24-30)19-20-36(29-15-16-29)33(38)18-11-26-9-6-5-7-10-26;/h8-10,12-13,15,20,26,28,31-33H,11,14,16-19,21-25,27H2,1-7H3;5-7,9-10,12,17,23,25,28-30,35H,8,11,13-16,18-22,24H2,1-4H3;1H/t32-,33-;28-,30-;/m11./s1. The molecule has 2 aliphatic carbocycles. The van der Waals surface area contributed by atoms with Gasteiger partial charge < -0.3 is 63.0 Å². The monoisotopic (exact) mass is 1290 g/mol. The second-order valence-corrected chi connectivity index (χ2v) is 26.3. The van der Waals surface area contributed by atoms with Crippen molar-refractivity contribution in [1.82, 2.24) is 29.8 Å². The van der Waals surface area contributed by atoms with Crippen LogP contribution in [-0.2, 0) is 36.6 Å². The van der Waals surface area contributed by atoms with E-state index in [1.165, 1.54) is 5.56 Å². The predicted molar refractivity (Wildman–Crippen MR) is 363 cm³/mol. The maximum absolute atomic E-state index is 14.2. The van der Waals surface area contributed by atoms with Gasteiger partial charge in [-0.15, -0.1) is 12.4 Å². The van der Waals surface area contributed by atoms with Gasteiger partial charge >= 0.3 is 6.09 Å². The summed E-state index contributed by atoms with van der Waals surface area (Å²) in [7, 11) is 6.50. The smallest absolute Gasteiger partial charge is 0.410 e. The largest absolute Gasteiger partial charge is 0.493 e. The van der Waals surface area contributed by atoms with E-state index in [0.29, 0.717) is 124 Å². The number of nitrogens with zero attached hydrogens (tertiary/aromatic N) is 5. The molecular formula is C73H107ClN6O12. The summed E-state index contributed by atoms with van der Waals surface area (Å²) < 4.78 is 39.0. The van der Waals surface area contributed by atoms with E-state index in [0.717, 1.165) is 82.9 Å². The van der Waals surface area contributed by atoms with Gasteiger partial charge in [0.1, 0.15) is 5.60 Å². The highest BCUT2D eigenvalue weighted by atomic mass is 35.5. The lowest BCUT2D eigenvalue weighted by Gasteiger charge is -2.45. The fraction of sp³-hybridized carbons (Fsp3) is 0.603. The Kier molecular flexibility index (Phi) is 30.2. The number of halogens is 1. The Bertz CT molecular complexity index is 2900. The van der Waals surface area contributed by atoms with Crippen molar-refractivity contribution >= 4 is 42.1 Å². The molecule has 2 heterocycles. The Morgan fingerprint density at radius 2 is 0.989 bits per heavy atom. The normalized spacial score (nSPS) is 17.9. The van der Waals surface area contributed by atoms with Crippen molar-refractivity contribution < 1.29 is 57.1 Å². The maximum atomic E-state index is 14.2. The van der Waals surface area contributed by atoms with Crippen LogP contribution in [-0.4, -0.2) is 189 Å². The Morgan fingerprint density at radius 3 is 1.40 bits per heavy atom. The summed E-state index contributed by atoms with van der Waals surface area (Å²) in [6.45, 7) is 18.3. The molecule has 4 atom stereocenters. The highest BCUT2D eigenvalue weighted by molar-refractivity contribution is 5.96. The summed E-state index contributed by atoms with van der Waals surface area (Å²) in [6.07, 6.45) is 12.9. The van der Waals surface area contributed by atoms with Crippen LogP contribution >= 0.6 is 12.4 Å². The number of aryl methyl sites for hydroxylation is 2. The van der Waals surface area contributed by atoms with Crippen molar-refractivity contribution in [2.45, 2.75) is 205 Å². The Balaban J connectivity index is 0.000000292. The third-order valence-electron chi connectivity index (χ3n) is 17.5. The topological polar surface area (TPSA) is 178 Å². The van der Waals surface area contributed by atoms with E-state index in [1.54, 1.807) is 63.7 Å². The lowest BCUT2D eigenvalue weighted by molar-refractivity contribution is -0.132. The van der Waals surface area contributed by atoms with E-state index in [4.69, 9.17) is 33.2 Å². The molecule has 4 aliphatic rings. The van der Waals surface area contributed by atoms with Gasteiger partial charge in [-0.2, -0.15) is 0 Å². The molecule has 2 saturated carbocycles. The summed E-state index contributed by atoms with van der Waals surface area (Å²) in [5, 5.41) is 3.70. The molecule has 5 amide bonds. The summed E-state index contributed by atoms with van der Waals surface area (Å²) in [6, 6.07) is 31.8. The van der Waals surface area contributed by atoms with Crippen LogP contribution < -0.4 is 24.3 Å². The van der Waals surface area contributed by atoms with Crippen LogP contribution in [0.25, 0.3) is 0 Å². The molecule has 0 spiro atoms. The maximum Gasteiger partial charge on any atom is 0.410 e. The van der Waals surface area contributed by atoms with Crippen molar-refractivity contribution in [1.29, 1.82) is 0 Å². The number of benzene rings is 4. The Labute approximate surface area is 555 Å². The van der Waals surface area contributed by atoms with Crippen molar-refractivity contribution in [3.8, 4) is 23.0 Å². The third-order valence-corrected chi connectivity index (χ3v) is 17.5. The highest BCUT2D eigenvalue weighted by Crippen LogP contribution is 2.35. The van der Waals surface area contributed by atoms with E-state index in [1.807, 2.05) is 91.8 Å². The summed E-state index contributed by atoms with van der Waals surface area (Å²) in [5.74, 6) is 2.56. The molecule has 4 aromatic rings. The first-order chi connectivity index (χ1) is 43.8. The minimum Gasteiger partial charge on any atom is -0.493 e. The number of carbonyl (C=O) groups excluding carboxylic acids is 5. The number of carbonyl (C=O) groups is 5. The van der Waals surface area contributed by atoms with Gasteiger partial charge in [0.25, 0.3) is 11.8 Å². The van der Waals surface area contributed by atoms with Crippen LogP contribution in [0.15, 0.2) is 97.1 Å². The van der Waals surface area contributed by atoms with Crippen molar-refractivity contribution in [2.75, 3.05) is 81.0 Å². The highest BCUT2D eigenvalue weighted by Gasteiger charge is 2.41. The molecule has 18 nitrogen and oxygen atoms in total. The quantitative estimate of drug-likeness (QED) is 0.0457. The minimum absolute atomic E-state index is 0. The van der Waals surface area contributed by atoms with Crippen molar-refractivity contribution in [2.24, 2.45) is 0 Å². The van der Waals surface area contributed by atoms with Crippen LogP contribution in [0.5, 0.6) is 23.0 Å². The molecule has 0 bridgehead atoms. The molecule has 8 rings (SSSR count). The molecule has 0 radical (unpaired) electrons. The Morgan fingerprint density at radius 1 is 0.543 bits per heavy atom. The first kappa shape index (κ1) is 74.4. The van der Waals surface area contributed by atoms with Crippen LogP contribution in [0.2, 0.25) is 0 Å². The average molecular weight is 1300 g/mol. The molecule has 92 heavy (non-hydrogen) atoms. The van der Waals surface area contributed by atoms with Crippen LogP contribution in [0, 0.1) is 0 Å². The number of rotatable bonds is 32. The predicted octanol–water partition coefficient (Wildman–Crippen LogP) is 12.3. The number of nitrogens with one attached hydrogen (secondary N) is 1. The number of methoxy groups -OCH3 is 4. The first-order valence-corrected chi connectivity index (χ1v) is 33.5. The lowest BCUT2D eigenvalue weighted by Crippen LogP contribution is -2.58. The van der Waals surface area contributed by atoms with E-state index >= 15 is 0 Å². The van der Waals surface area contributed by atoms with E-state index in [2.05, 4.69) is 48.3 Å². The molecule has 4 fully saturated rings. The average Bonchev–Trinajstić information content (AvgIpc) is 1.00. The molecule has 19 heteroatoms. The molecule has 2 aliphatic heterocycles. The number of hydrogen-bond acceptors (Lipinski definition) is 13. The minimum atomic E-state index is -0.668. The molecule has 4 aromatic carbocycles. The molecule has 508 valence electrons. The van der Waals surface area contributed by atoms with Gasteiger partial charge in [-0.3, -0.25) is 19.2 Å². The van der Waals surface area contributed by atoms with E-state index < -0.39 is 5.60 Å². The first-order valence-electron chi connectivity index (χ1n) is 33.5. The number of piperidine rings is 2. The SMILES string of the molecule is COCCCOc1cc(C(=O)N(C(C)C)[C@@H]2CC[C@H](CCN(C(=O)CCc3ccccc3)C3CC3)N(C(=O)OC(C)(C)C)C2)ccc1OC.COCCCOc1cc(C(=O)N(C(C)C)[C@@H]2CC[C@H](CCN(C(=O)CCc3ccccc3)C3CC3)NC2)ccc1OC.Cl. The van der Waals surface area contributed by atoms with Gasteiger partial charge in [-0.25, -0.2) is 4.79 Å². The fourth-order valence-electron chi connectivity index (χ4n) is 12.5. The van der Waals surface area contributed by atoms with E-state index in [9.17, 15) is 24.0 Å². The van der Waals surface area contributed by atoms with Crippen LogP contribution in [0.1, 0.15) is 170 Å². The molecule has 1 N–H and O–H groups in total. The van der Waals surface area contributed by atoms with Crippen molar-refractivity contribution in [3.05, 3.63) is 119 Å². The number of ether oxygens (including phenoxy) is 7. The molecule has 0 aromatic heterocycles. The van der Waals surface area contributed by atoms with Gasteiger partial charge in [-0.1, -0.05) is 60.7 Å². The fourth-order valence-corrected chi connectivity index (χ4v) is 12.5. The zero-order chi connectivity index (χ0) is 65.5. The number of hydrogen-bond donors (Lipinski definition) is 1. The van der Waals surface area contributed by atoms with Gasteiger partial charge in [0.15, 0.2) is 23.0 Å². The zero-order valence-corrected chi connectivity index (χ0v) is 57.7. The molecular weight excluding hydrogens is 1190 g/mol. The van der Waals surface area contributed by atoms with Gasteiger partial charge in [-0.05, 0) is 173 Å². The van der Waals surface area contributed by atoms with Crippen molar-refractivity contribution in [3.63, 3.8) is 0 Å².